The third-order valence-corrected chi connectivity index (χ3v) is 10.2. The fourth-order valence-corrected chi connectivity index (χ4v) is 6.84. The highest BCUT2D eigenvalue weighted by Gasteiger charge is 2.33. The lowest BCUT2D eigenvalue weighted by atomic mass is 10.0. The Morgan fingerprint density at radius 3 is 2.14 bits per heavy atom. The Bertz CT molecular complexity index is 1490. The molecule has 2 amide bonds. The van der Waals surface area contributed by atoms with E-state index in [4.69, 9.17) is 23.2 Å². The fraction of sp³-hybridized carbons (Fsp3) is 0.375. The van der Waals surface area contributed by atoms with Crippen LogP contribution in [0.15, 0.2) is 77.7 Å². The zero-order chi connectivity index (χ0) is 30.4. The fourth-order valence-electron chi connectivity index (χ4n) is 5.08. The first-order valence-corrected chi connectivity index (χ1v) is 16.4. The Balaban J connectivity index is 1.70. The number of sulfonamides is 1. The Morgan fingerprint density at radius 1 is 0.905 bits per heavy atom. The summed E-state index contributed by atoms with van der Waals surface area (Å²) in [5.41, 5.74) is 2.06. The van der Waals surface area contributed by atoms with Gasteiger partial charge in [-0.25, -0.2) is 8.42 Å². The van der Waals surface area contributed by atoms with E-state index in [1.807, 2.05) is 12.1 Å². The highest BCUT2D eigenvalue weighted by molar-refractivity contribution is 7.92. The quantitative estimate of drug-likeness (QED) is 0.253. The van der Waals surface area contributed by atoms with Gasteiger partial charge in [0.1, 0.15) is 12.6 Å². The Kier molecular flexibility index (Phi) is 10.6. The molecule has 0 aliphatic heterocycles. The van der Waals surface area contributed by atoms with E-state index in [9.17, 15) is 18.0 Å². The van der Waals surface area contributed by atoms with Crippen LogP contribution in [0.5, 0.6) is 0 Å². The molecule has 0 saturated heterocycles. The normalized spacial score (nSPS) is 14.5. The third-order valence-electron chi connectivity index (χ3n) is 7.66. The lowest BCUT2D eigenvalue weighted by molar-refractivity contribution is -0.139. The molecule has 0 heterocycles. The van der Waals surface area contributed by atoms with Crippen molar-refractivity contribution in [2.24, 2.45) is 0 Å². The van der Waals surface area contributed by atoms with Crippen LogP contribution in [0, 0.1) is 0 Å². The predicted molar refractivity (Wildman–Crippen MR) is 168 cm³/mol. The number of nitrogens with one attached hydrogen (secondary N) is 1. The molecular formula is C32H37Cl2N3O4S. The van der Waals surface area contributed by atoms with Gasteiger partial charge in [0.25, 0.3) is 10.0 Å². The SMILES string of the molecule is CC(C)c1ccc(N(CC(=O)N(Cc2ccc(Cl)c(Cl)c2)[C@@H](C)C(=O)NC2CCCC2)S(=O)(=O)c2ccccc2)cc1. The van der Waals surface area contributed by atoms with E-state index in [-0.39, 0.29) is 29.3 Å². The molecule has 7 nitrogen and oxygen atoms in total. The van der Waals surface area contributed by atoms with Gasteiger partial charge in [-0.3, -0.25) is 13.9 Å². The van der Waals surface area contributed by atoms with Crippen LogP contribution in [-0.2, 0) is 26.2 Å². The van der Waals surface area contributed by atoms with Crippen LogP contribution < -0.4 is 9.62 Å². The monoisotopic (exact) mass is 629 g/mol. The molecule has 42 heavy (non-hydrogen) atoms. The summed E-state index contributed by atoms with van der Waals surface area (Å²) in [7, 11) is -4.12. The van der Waals surface area contributed by atoms with Gasteiger partial charge in [-0.1, -0.05) is 86.3 Å². The highest BCUT2D eigenvalue weighted by Crippen LogP contribution is 2.28. The van der Waals surface area contributed by atoms with Gasteiger partial charge in [0, 0.05) is 12.6 Å². The minimum atomic E-state index is -4.12. The first kappa shape index (κ1) is 31.9. The maximum atomic E-state index is 14.1. The van der Waals surface area contributed by atoms with E-state index in [1.54, 1.807) is 55.5 Å². The lowest BCUT2D eigenvalue weighted by Crippen LogP contribution is -2.52. The molecule has 1 N–H and O–H groups in total. The topological polar surface area (TPSA) is 86.8 Å². The molecule has 0 aromatic heterocycles. The van der Waals surface area contributed by atoms with Gasteiger partial charge in [-0.05, 0) is 73.2 Å². The zero-order valence-corrected chi connectivity index (χ0v) is 26.4. The van der Waals surface area contributed by atoms with E-state index in [0.29, 0.717) is 21.3 Å². The van der Waals surface area contributed by atoms with Crippen molar-refractivity contribution in [3.8, 4) is 0 Å². The van der Waals surface area contributed by atoms with Crippen molar-refractivity contribution in [3.63, 3.8) is 0 Å². The predicted octanol–water partition coefficient (Wildman–Crippen LogP) is 6.79. The molecule has 1 saturated carbocycles. The van der Waals surface area contributed by atoms with Crippen molar-refractivity contribution in [2.75, 3.05) is 10.8 Å². The van der Waals surface area contributed by atoms with Crippen molar-refractivity contribution >= 4 is 50.7 Å². The summed E-state index contributed by atoms with van der Waals surface area (Å²) in [6.07, 6.45) is 3.89. The second-order valence-corrected chi connectivity index (χ2v) is 13.7. The third kappa shape index (κ3) is 7.65. The molecule has 1 atom stereocenters. The molecule has 224 valence electrons. The van der Waals surface area contributed by atoms with Gasteiger partial charge in [-0.2, -0.15) is 0 Å². The number of rotatable bonds is 11. The van der Waals surface area contributed by atoms with E-state index in [0.717, 1.165) is 35.6 Å². The molecule has 1 fully saturated rings. The molecule has 3 aromatic rings. The van der Waals surface area contributed by atoms with E-state index in [2.05, 4.69) is 19.2 Å². The number of hydrogen-bond donors (Lipinski definition) is 1. The molecule has 4 rings (SSSR count). The van der Waals surface area contributed by atoms with Gasteiger partial charge in [0.2, 0.25) is 11.8 Å². The minimum Gasteiger partial charge on any atom is -0.352 e. The number of carbonyl (C=O) groups excluding carboxylic acids is 2. The average Bonchev–Trinajstić information content (AvgIpc) is 3.49. The smallest absolute Gasteiger partial charge is 0.264 e. The van der Waals surface area contributed by atoms with E-state index in [1.165, 1.54) is 17.0 Å². The molecule has 0 unspecified atom stereocenters. The second kappa shape index (κ2) is 13.9. The average molecular weight is 631 g/mol. The number of hydrogen-bond acceptors (Lipinski definition) is 4. The molecule has 0 spiro atoms. The first-order valence-electron chi connectivity index (χ1n) is 14.2. The van der Waals surface area contributed by atoms with Gasteiger partial charge in [0.15, 0.2) is 0 Å². The number of nitrogens with zero attached hydrogens (tertiary/aromatic N) is 2. The van der Waals surface area contributed by atoms with Crippen molar-refractivity contribution < 1.29 is 18.0 Å². The summed E-state index contributed by atoms with van der Waals surface area (Å²) < 4.78 is 29.0. The summed E-state index contributed by atoms with van der Waals surface area (Å²) in [6.45, 7) is 5.31. The van der Waals surface area contributed by atoms with Crippen molar-refractivity contribution in [2.45, 2.75) is 75.9 Å². The number of amides is 2. The summed E-state index contributed by atoms with van der Waals surface area (Å²) >= 11 is 12.4. The van der Waals surface area contributed by atoms with Crippen LogP contribution in [0.25, 0.3) is 0 Å². The summed E-state index contributed by atoms with van der Waals surface area (Å²) in [5.74, 6) is -0.558. The Labute approximate surface area is 258 Å². The van der Waals surface area contributed by atoms with Crippen molar-refractivity contribution in [1.82, 2.24) is 10.2 Å². The lowest BCUT2D eigenvalue weighted by Gasteiger charge is -2.32. The van der Waals surface area contributed by atoms with Crippen LogP contribution >= 0.6 is 23.2 Å². The van der Waals surface area contributed by atoms with Gasteiger partial charge in [-0.15, -0.1) is 0 Å². The summed E-state index contributed by atoms with van der Waals surface area (Å²) in [6, 6.07) is 19.4. The molecule has 10 heteroatoms. The van der Waals surface area contributed by atoms with Gasteiger partial charge in [0.05, 0.1) is 20.6 Å². The number of carbonyl (C=O) groups is 2. The van der Waals surface area contributed by atoms with Gasteiger partial charge < -0.3 is 10.2 Å². The molecule has 1 aliphatic rings. The van der Waals surface area contributed by atoms with Crippen LogP contribution in [0.1, 0.15) is 63.5 Å². The zero-order valence-electron chi connectivity index (χ0n) is 24.1. The number of anilines is 1. The second-order valence-electron chi connectivity index (χ2n) is 11.0. The van der Waals surface area contributed by atoms with Gasteiger partial charge >= 0.3 is 0 Å². The van der Waals surface area contributed by atoms with Crippen LogP contribution in [-0.4, -0.2) is 43.8 Å². The van der Waals surface area contributed by atoms with Crippen LogP contribution in [0.3, 0.4) is 0 Å². The summed E-state index contributed by atoms with van der Waals surface area (Å²) in [5, 5.41) is 3.76. The molecular weight excluding hydrogens is 593 g/mol. The van der Waals surface area contributed by atoms with Crippen molar-refractivity contribution in [1.29, 1.82) is 0 Å². The largest absolute Gasteiger partial charge is 0.352 e. The van der Waals surface area contributed by atoms with E-state index < -0.39 is 28.5 Å². The van der Waals surface area contributed by atoms with E-state index >= 15 is 0 Å². The minimum absolute atomic E-state index is 0.0422. The molecule has 3 aromatic carbocycles. The van der Waals surface area contributed by atoms with Crippen molar-refractivity contribution in [3.05, 3.63) is 94.0 Å². The number of benzene rings is 3. The highest BCUT2D eigenvalue weighted by atomic mass is 35.5. The standard InChI is InChI=1S/C32H37Cl2N3O4S/c1-22(2)25-14-16-27(17-15-25)37(42(40,41)28-11-5-4-6-12-28)21-31(38)36(20-24-13-18-29(33)30(34)19-24)23(3)32(39)35-26-9-7-8-10-26/h4-6,11-19,22-23,26H,7-10,20-21H2,1-3H3,(H,35,39)/t23-/m0/s1. The molecule has 0 radical (unpaired) electrons. The van der Waals surface area contributed by atoms with Crippen LogP contribution in [0.4, 0.5) is 5.69 Å². The molecule has 0 bridgehead atoms. The first-order chi connectivity index (χ1) is 20.0. The maximum Gasteiger partial charge on any atom is 0.264 e. The maximum absolute atomic E-state index is 14.1. The summed E-state index contributed by atoms with van der Waals surface area (Å²) in [4.78, 5) is 28.9. The Hall–Kier alpha value is -3.07. The number of halogens is 2. The van der Waals surface area contributed by atoms with Crippen LogP contribution in [0.2, 0.25) is 10.0 Å². The Morgan fingerprint density at radius 2 is 1.55 bits per heavy atom. The molecule has 1 aliphatic carbocycles.